The number of benzene rings is 1. The van der Waals surface area contributed by atoms with Crippen LogP contribution in [0.15, 0.2) is 35.5 Å². The second kappa shape index (κ2) is 5.26. The number of amides is 1. The first-order valence-electron chi connectivity index (χ1n) is 7.65. The molecule has 0 saturated heterocycles. The van der Waals surface area contributed by atoms with E-state index in [0.717, 1.165) is 41.2 Å². The van der Waals surface area contributed by atoms with Gasteiger partial charge in [0, 0.05) is 28.2 Å². The van der Waals surface area contributed by atoms with Gasteiger partial charge < -0.3 is 15.5 Å². The van der Waals surface area contributed by atoms with Crippen LogP contribution in [0.4, 0.5) is 0 Å². The summed E-state index contributed by atoms with van der Waals surface area (Å²) in [7, 11) is 0. The van der Waals surface area contributed by atoms with Gasteiger partial charge in [-0.15, -0.1) is 0 Å². The van der Waals surface area contributed by atoms with Crippen molar-refractivity contribution in [3.63, 3.8) is 0 Å². The third-order valence-electron chi connectivity index (χ3n) is 4.42. The fourth-order valence-corrected chi connectivity index (χ4v) is 3.40. The minimum absolute atomic E-state index is 0.0320. The molecule has 0 saturated carbocycles. The molecule has 0 aliphatic heterocycles. The van der Waals surface area contributed by atoms with Crippen LogP contribution < -0.4 is 5.73 Å². The van der Waals surface area contributed by atoms with Crippen LogP contribution in [0.2, 0.25) is 0 Å². The number of carbonyl (C=O) groups is 1. The van der Waals surface area contributed by atoms with E-state index in [-0.39, 0.29) is 5.41 Å². The maximum Gasteiger partial charge on any atom is 0.248 e. The lowest BCUT2D eigenvalue weighted by atomic mass is 9.76. The maximum absolute atomic E-state index is 11.2. The van der Waals surface area contributed by atoms with E-state index >= 15 is 0 Å². The SMILES string of the molecule is Cc1cc2c(n1-c1ccc(C(N)=O)cc1)CC(C)(C)C/C2=N/O. The molecule has 2 aromatic rings. The molecule has 1 aromatic carbocycles. The molecule has 23 heavy (non-hydrogen) atoms. The molecule has 1 heterocycles. The Hall–Kier alpha value is -2.56. The van der Waals surface area contributed by atoms with E-state index in [1.54, 1.807) is 12.1 Å². The lowest BCUT2D eigenvalue weighted by Gasteiger charge is -2.31. The molecule has 5 nitrogen and oxygen atoms in total. The highest BCUT2D eigenvalue weighted by Gasteiger charge is 2.33. The molecule has 0 radical (unpaired) electrons. The van der Waals surface area contributed by atoms with Gasteiger partial charge in [0.2, 0.25) is 5.91 Å². The number of nitrogens with zero attached hydrogens (tertiary/aromatic N) is 2. The van der Waals surface area contributed by atoms with Gasteiger partial charge in [-0.2, -0.15) is 0 Å². The highest BCUT2D eigenvalue weighted by Crippen LogP contribution is 2.37. The van der Waals surface area contributed by atoms with Crippen molar-refractivity contribution in [1.29, 1.82) is 0 Å². The lowest BCUT2D eigenvalue weighted by Crippen LogP contribution is -2.28. The minimum atomic E-state index is -0.432. The van der Waals surface area contributed by atoms with Gasteiger partial charge in [0.15, 0.2) is 0 Å². The quantitative estimate of drug-likeness (QED) is 0.660. The van der Waals surface area contributed by atoms with E-state index in [9.17, 15) is 10.0 Å². The van der Waals surface area contributed by atoms with E-state index in [1.807, 2.05) is 19.1 Å². The summed E-state index contributed by atoms with van der Waals surface area (Å²) in [6.07, 6.45) is 1.65. The molecule has 0 fully saturated rings. The maximum atomic E-state index is 11.2. The number of hydrogen-bond acceptors (Lipinski definition) is 3. The molecule has 0 spiro atoms. The molecule has 3 N–H and O–H groups in total. The Morgan fingerprint density at radius 2 is 1.91 bits per heavy atom. The second-order valence-corrected chi connectivity index (χ2v) is 6.96. The fraction of sp³-hybridized carbons (Fsp3) is 0.333. The van der Waals surface area contributed by atoms with E-state index in [0.29, 0.717) is 5.56 Å². The van der Waals surface area contributed by atoms with Crippen LogP contribution in [-0.4, -0.2) is 21.4 Å². The zero-order valence-electron chi connectivity index (χ0n) is 13.6. The van der Waals surface area contributed by atoms with Crippen molar-refractivity contribution in [2.45, 2.75) is 33.6 Å². The van der Waals surface area contributed by atoms with Crippen molar-refractivity contribution in [2.24, 2.45) is 16.3 Å². The van der Waals surface area contributed by atoms with E-state index in [4.69, 9.17) is 5.73 Å². The third kappa shape index (κ3) is 2.63. The number of fused-ring (bicyclic) bond motifs is 1. The molecule has 1 aromatic heterocycles. The smallest absolute Gasteiger partial charge is 0.248 e. The van der Waals surface area contributed by atoms with Crippen LogP contribution in [0, 0.1) is 12.3 Å². The van der Waals surface area contributed by atoms with Gasteiger partial charge in [0.1, 0.15) is 0 Å². The molecule has 1 amide bonds. The van der Waals surface area contributed by atoms with Crippen LogP contribution >= 0.6 is 0 Å². The van der Waals surface area contributed by atoms with Crippen LogP contribution in [0.25, 0.3) is 5.69 Å². The predicted octanol–water partition coefficient (Wildman–Crippen LogP) is 3.04. The Kier molecular flexibility index (Phi) is 3.51. The first-order valence-corrected chi connectivity index (χ1v) is 7.65. The molecule has 1 aliphatic rings. The number of primary amides is 1. The Bertz CT molecular complexity index is 798. The van der Waals surface area contributed by atoms with Crippen molar-refractivity contribution in [1.82, 2.24) is 4.57 Å². The molecule has 120 valence electrons. The summed E-state index contributed by atoms with van der Waals surface area (Å²) in [5.74, 6) is -0.432. The van der Waals surface area contributed by atoms with E-state index in [1.165, 1.54) is 0 Å². The number of oxime groups is 1. The lowest BCUT2D eigenvalue weighted by molar-refractivity contribution is 0.100. The van der Waals surface area contributed by atoms with Gasteiger partial charge in [-0.25, -0.2) is 0 Å². The number of carbonyl (C=O) groups excluding carboxylic acids is 1. The van der Waals surface area contributed by atoms with Gasteiger partial charge >= 0.3 is 0 Å². The molecular weight excluding hydrogens is 290 g/mol. The van der Waals surface area contributed by atoms with Gasteiger partial charge in [-0.1, -0.05) is 19.0 Å². The molecule has 0 unspecified atom stereocenters. The average Bonchev–Trinajstić information content (AvgIpc) is 2.81. The number of aromatic nitrogens is 1. The summed E-state index contributed by atoms with van der Waals surface area (Å²) >= 11 is 0. The molecule has 0 atom stereocenters. The second-order valence-electron chi connectivity index (χ2n) is 6.96. The molecule has 5 heteroatoms. The normalized spacial score (nSPS) is 18.0. The predicted molar refractivity (Wildman–Crippen MR) is 89.4 cm³/mol. The Morgan fingerprint density at radius 3 is 2.48 bits per heavy atom. The van der Waals surface area contributed by atoms with Crippen molar-refractivity contribution in [2.75, 3.05) is 0 Å². The van der Waals surface area contributed by atoms with Crippen molar-refractivity contribution >= 4 is 11.6 Å². The van der Waals surface area contributed by atoms with Crippen molar-refractivity contribution in [3.8, 4) is 5.69 Å². The van der Waals surface area contributed by atoms with E-state index < -0.39 is 5.91 Å². The van der Waals surface area contributed by atoms with Crippen molar-refractivity contribution in [3.05, 3.63) is 52.8 Å². The highest BCUT2D eigenvalue weighted by atomic mass is 16.4. The summed E-state index contributed by atoms with van der Waals surface area (Å²) in [6, 6.07) is 9.31. The average molecular weight is 311 g/mol. The van der Waals surface area contributed by atoms with Gasteiger partial charge in [-0.05, 0) is 55.5 Å². The Balaban J connectivity index is 2.15. The zero-order valence-corrected chi connectivity index (χ0v) is 13.6. The molecule has 0 bridgehead atoms. The topological polar surface area (TPSA) is 80.6 Å². The van der Waals surface area contributed by atoms with Crippen LogP contribution in [0.5, 0.6) is 0 Å². The highest BCUT2D eigenvalue weighted by molar-refractivity contribution is 6.03. The zero-order chi connectivity index (χ0) is 16.8. The van der Waals surface area contributed by atoms with Crippen LogP contribution in [-0.2, 0) is 6.42 Å². The van der Waals surface area contributed by atoms with Crippen molar-refractivity contribution < 1.29 is 10.0 Å². The summed E-state index contributed by atoms with van der Waals surface area (Å²) in [5, 5.41) is 12.9. The summed E-state index contributed by atoms with van der Waals surface area (Å²) < 4.78 is 2.16. The fourth-order valence-electron chi connectivity index (χ4n) is 3.40. The largest absolute Gasteiger partial charge is 0.411 e. The molecule has 1 aliphatic carbocycles. The Morgan fingerprint density at radius 1 is 1.26 bits per heavy atom. The standard InChI is InChI=1S/C18H21N3O2/c1-11-8-14-15(20-23)9-18(2,3)10-16(14)21(11)13-6-4-12(5-7-13)17(19)22/h4-8,23H,9-10H2,1-3H3,(H2,19,22)/b20-15-. The summed E-state index contributed by atoms with van der Waals surface area (Å²) in [4.78, 5) is 11.2. The third-order valence-corrected chi connectivity index (χ3v) is 4.42. The minimum Gasteiger partial charge on any atom is -0.411 e. The van der Waals surface area contributed by atoms with Gasteiger partial charge in [0.05, 0.1) is 5.71 Å². The Labute approximate surface area is 135 Å². The first kappa shape index (κ1) is 15.3. The number of hydrogen-bond donors (Lipinski definition) is 2. The van der Waals surface area contributed by atoms with Crippen LogP contribution in [0.1, 0.15) is 47.6 Å². The van der Waals surface area contributed by atoms with Gasteiger partial charge in [-0.3, -0.25) is 4.79 Å². The number of rotatable bonds is 2. The van der Waals surface area contributed by atoms with Crippen LogP contribution in [0.3, 0.4) is 0 Å². The van der Waals surface area contributed by atoms with E-state index in [2.05, 4.69) is 29.6 Å². The summed E-state index contributed by atoms with van der Waals surface area (Å²) in [5.41, 5.74) is 10.7. The molecular formula is C18H21N3O2. The number of nitrogens with two attached hydrogens (primary N) is 1. The molecule has 3 rings (SSSR count). The number of aryl methyl sites for hydroxylation is 1. The summed E-state index contributed by atoms with van der Waals surface area (Å²) in [6.45, 7) is 6.37. The monoisotopic (exact) mass is 311 g/mol. The van der Waals surface area contributed by atoms with Gasteiger partial charge in [0.25, 0.3) is 0 Å². The first-order chi connectivity index (χ1) is 10.8.